The van der Waals surface area contributed by atoms with Crippen LogP contribution in [0.3, 0.4) is 0 Å². The van der Waals surface area contributed by atoms with Crippen LogP contribution < -0.4 is 10.6 Å². The molecule has 0 bridgehead atoms. The molecule has 1 aliphatic rings. The Morgan fingerprint density at radius 1 is 1.46 bits per heavy atom. The van der Waals surface area contributed by atoms with Crippen molar-refractivity contribution in [1.29, 1.82) is 0 Å². The maximum atomic E-state index is 12.3. The van der Waals surface area contributed by atoms with E-state index < -0.39 is 10.8 Å². The number of carbonyl (C=O) groups is 1. The summed E-state index contributed by atoms with van der Waals surface area (Å²) in [6, 6.07) is 6.60. The zero-order valence-electron chi connectivity index (χ0n) is 13.8. The zero-order chi connectivity index (χ0) is 17.1. The number of carbonyl (C=O) groups excluding carboxylic acids is 1. The molecule has 0 saturated carbocycles. The van der Waals surface area contributed by atoms with Crippen molar-refractivity contribution in [1.82, 2.24) is 20.1 Å². The molecule has 24 heavy (non-hydrogen) atoms. The number of anilines is 1. The highest BCUT2D eigenvalue weighted by Gasteiger charge is 2.25. The fourth-order valence-corrected chi connectivity index (χ4v) is 3.33. The molecule has 1 aromatic heterocycles. The topological polar surface area (TPSA) is 88.9 Å². The fraction of sp³-hybridized carbons (Fsp3) is 0.438. The molecule has 2 aromatic rings. The second-order valence-corrected chi connectivity index (χ2v) is 7.12. The number of rotatable bonds is 4. The van der Waals surface area contributed by atoms with E-state index in [9.17, 15) is 9.00 Å². The summed E-state index contributed by atoms with van der Waals surface area (Å²) in [5.41, 5.74) is 0.617. The van der Waals surface area contributed by atoms with E-state index in [1.807, 2.05) is 11.6 Å². The van der Waals surface area contributed by atoms with Crippen molar-refractivity contribution < 1.29 is 9.00 Å². The SMILES string of the molecule is CCc1nc2n(n1)CCCC2NC(=O)Nc1cccc(S(C)=O)c1. The van der Waals surface area contributed by atoms with Crippen LogP contribution in [0.15, 0.2) is 29.2 Å². The lowest BCUT2D eigenvalue weighted by atomic mass is 10.1. The molecule has 2 heterocycles. The van der Waals surface area contributed by atoms with Crippen molar-refractivity contribution in [2.45, 2.75) is 43.7 Å². The third-order valence-corrected chi connectivity index (χ3v) is 4.88. The van der Waals surface area contributed by atoms with E-state index >= 15 is 0 Å². The van der Waals surface area contributed by atoms with Gasteiger partial charge in [0, 0.05) is 40.6 Å². The highest BCUT2D eigenvalue weighted by Crippen LogP contribution is 2.23. The summed E-state index contributed by atoms with van der Waals surface area (Å²) in [6.07, 6.45) is 4.18. The van der Waals surface area contributed by atoms with E-state index in [0.29, 0.717) is 10.6 Å². The lowest BCUT2D eigenvalue weighted by Gasteiger charge is -2.23. The molecule has 128 valence electrons. The van der Waals surface area contributed by atoms with E-state index in [-0.39, 0.29) is 12.1 Å². The second-order valence-electron chi connectivity index (χ2n) is 5.74. The third kappa shape index (κ3) is 3.64. The van der Waals surface area contributed by atoms with Crippen molar-refractivity contribution in [2.24, 2.45) is 0 Å². The Kier molecular flexibility index (Phi) is 4.94. The number of aromatic nitrogens is 3. The number of urea groups is 1. The van der Waals surface area contributed by atoms with Crippen molar-refractivity contribution in [2.75, 3.05) is 11.6 Å². The van der Waals surface area contributed by atoms with Gasteiger partial charge in [0.05, 0.1) is 6.04 Å². The number of nitrogens with zero attached hydrogens (tertiary/aromatic N) is 3. The maximum Gasteiger partial charge on any atom is 0.319 e. The molecule has 0 spiro atoms. The highest BCUT2D eigenvalue weighted by molar-refractivity contribution is 7.84. The van der Waals surface area contributed by atoms with Gasteiger partial charge in [0.25, 0.3) is 0 Å². The number of aryl methyl sites for hydroxylation is 2. The second kappa shape index (κ2) is 7.12. The molecule has 2 unspecified atom stereocenters. The molecule has 0 saturated heterocycles. The molecule has 2 amide bonds. The van der Waals surface area contributed by atoms with Gasteiger partial charge in [-0.15, -0.1) is 0 Å². The molecule has 7 nitrogen and oxygen atoms in total. The van der Waals surface area contributed by atoms with Gasteiger partial charge >= 0.3 is 6.03 Å². The molecule has 0 fully saturated rings. The van der Waals surface area contributed by atoms with Gasteiger partial charge in [-0.2, -0.15) is 5.10 Å². The summed E-state index contributed by atoms with van der Waals surface area (Å²) >= 11 is 0. The van der Waals surface area contributed by atoms with E-state index in [4.69, 9.17) is 0 Å². The normalized spacial score (nSPS) is 17.8. The van der Waals surface area contributed by atoms with E-state index in [1.165, 1.54) is 0 Å². The van der Waals surface area contributed by atoms with Crippen LogP contribution in [0.1, 0.15) is 37.5 Å². The van der Waals surface area contributed by atoms with E-state index in [0.717, 1.165) is 37.5 Å². The Morgan fingerprint density at radius 3 is 3.04 bits per heavy atom. The van der Waals surface area contributed by atoms with Gasteiger partial charge in [-0.25, -0.2) is 14.5 Å². The van der Waals surface area contributed by atoms with Gasteiger partial charge in [-0.1, -0.05) is 13.0 Å². The van der Waals surface area contributed by atoms with Crippen molar-refractivity contribution in [3.05, 3.63) is 35.9 Å². The zero-order valence-corrected chi connectivity index (χ0v) is 14.6. The van der Waals surface area contributed by atoms with E-state index in [1.54, 1.807) is 30.5 Å². The number of benzene rings is 1. The molecule has 2 N–H and O–H groups in total. The lowest BCUT2D eigenvalue weighted by Crippen LogP contribution is -2.36. The Bertz CT molecular complexity index is 774. The first kappa shape index (κ1) is 16.6. The van der Waals surface area contributed by atoms with E-state index in [2.05, 4.69) is 20.7 Å². The van der Waals surface area contributed by atoms with Crippen molar-refractivity contribution in [3.63, 3.8) is 0 Å². The van der Waals surface area contributed by atoms with Gasteiger partial charge in [-0.3, -0.25) is 4.21 Å². The molecular weight excluding hydrogens is 326 g/mol. The molecular formula is C16H21N5O2S. The summed E-state index contributed by atoms with van der Waals surface area (Å²) in [4.78, 5) is 17.5. The smallest absolute Gasteiger partial charge is 0.319 e. The standard InChI is InChI=1S/C16H21N5O2S/c1-3-14-19-15-13(8-5-9-21(15)20-14)18-16(22)17-11-6-4-7-12(10-11)24(2)23/h4,6-7,10,13H,3,5,8-9H2,1-2H3,(H2,17,18,22). The molecule has 0 aliphatic carbocycles. The Balaban J connectivity index is 1.69. The van der Waals surface area contributed by atoms with Gasteiger partial charge in [0.2, 0.25) is 0 Å². The summed E-state index contributed by atoms with van der Waals surface area (Å²) in [7, 11) is -1.08. The predicted octanol–water partition coefficient (Wildman–Crippen LogP) is 2.23. The predicted molar refractivity (Wildman–Crippen MR) is 92.3 cm³/mol. The number of hydrogen-bond donors (Lipinski definition) is 2. The van der Waals surface area contributed by atoms with Crippen molar-refractivity contribution in [3.8, 4) is 0 Å². The Hall–Kier alpha value is -2.22. The average Bonchev–Trinajstić information content (AvgIpc) is 2.99. The summed E-state index contributed by atoms with van der Waals surface area (Å²) in [6.45, 7) is 2.85. The highest BCUT2D eigenvalue weighted by atomic mass is 32.2. The molecule has 1 aliphatic heterocycles. The first-order valence-electron chi connectivity index (χ1n) is 8.01. The van der Waals surface area contributed by atoms with Gasteiger partial charge < -0.3 is 10.6 Å². The van der Waals surface area contributed by atoms with Crippen LogP contribution in [0, 0.1) is 0 Å². The molecule has 2 atom stereocenters. The quantitative estimate of drug-likeness (QED) is 0.888. The van der Waals surface area contributed by atoms with Crippen LogP contribution in [0.4, 0.5) is 10.5 Å². The molecule has 1 aromatic carbocycles. The van der Waals surface area contributed by atoms with Gasteiger partial charge in [0.1, 0.15) is 5.82 Å². The van der Waals surface area contributed by atoms with Crippen LogP contribution in [0.5, 0.6) is 0 Å². The average molecular weight is 347 g/mol. The third-order valence-electron chi connectivity index (χ3n) is 3.96. The van der Waals surface area contributed by atoms with Gasteiger partial charge in [-0.05, 0) is 31.0 Å². The summed E-state index contributed by atoms with van der Waals surface area (Å²) in [5.74, 6) is 1.62. The first-order chi connectivity index (χ1) is 11.6. The molecule has 0 radical (unpaired) electrons. The summed E-state index contributed by atoms with van der Waals surface area (Å²) < 4.78 is 13.4. The minimum absolute atomic E-state index is 0.143. The van der Waals surface area contributed by atoms with Crippen LogP contribution in [0.25, 0.3) is 0 Å². The van der Waals surface area contributed by atoms with Crippen LogP contribution in [-0.4, -0.2) is 31.3 Å². The van der Waals surface area contributed by atoms with Gasteiger partial charge in [0.15, 0.2) is 5.82 Å². The lowest BCUT2D eigenvalue weighted by molar-refractivity contribution is 0.244. The maximum absolute atomic E-state index is 12.3. The minimum atomic E-state index is -1.08. The first-order valence-corrected chi connectivity index (χ1v) is 9.57. The minimum Gasteiger partial charge on any atom is -0.328 e. The summed E-state index contributed by atoms with van der Waals surface area (Å²) in [5, 5.41) is 10.2. The molecule has 8 heteroatoms. The largest absolute Gasteiger partial charge is 0.328 e. The Labute approximate surface area is 143 Å². The van der Waals surface area contributed by atoms with Crippen molar-refractivity contribution >= 4 is 22.5 Å². The van der Waals surface area contributed by atoms with Crippen LogP contribution in [-0.2, 0) is 23.8 Å². The fourth-order valence-electron chi connectivity index (χ4n) is 2.76. The monoisotopic (exact) mass is 347 g/mol. The number of nitrogens with one attached hydrogen (secondary N) is 2. The van der Waals surface area contributed by atoms with Crippen LogP contribution in [0.2, 0.25) is 0 Å². The Morgan fingerprint density at radius 2 is 2.29 bits per heavy atom. The molecule has 3 rings (SSSR count). The number of amides is 2. The number of hydrogen-bond acceptors (Lipinski definition) is 4. The van der Waals surface area contributed by atoms with Crippen LogP contribution >= 0.6 is 0 Å². The number of fused-ring (bicyclic) bond motifs is 1.